The average molecular weight is 368 g/mol. The predicted molar refractivity (Wildman–Crippen MR) is 101 cm³/mol. The van der Waals surface area contributed by atoms with E-state index in [0.717, 1.165) is 11.1 Å². The van der Waals surface area contributed by atoms with E-state index in [4.69, 9.17) is 18.9 Å². The van der Waals surface area contributed by atoms with Crippen molar-refractivity contribution >= 4 is 5.97 Å². The minimum Gasteiger partial charge on any atom is -0.501 e. The fourth-order valence-corrected chi connectivity index (χ4v) is 2.87. The summed E-state index contributed by atoms with van der Waals surface area (Å²) in [6.45, 7) is 1.20. The summed E-state index contributed by atoms with van der Waals surface area (Å²) >= 11 is 0. The second-order valence-corrected chi connectivity index (χ2v) is 6.33. The Morgan fingerprint density at radius 1 is 1.00 bits per heavy atom. The number of esters is 1. The lowest BCUT2D eigenvalue weighted by Crippen LogP contribution is -2.39. The number of carbonyl (C=O) groups excluding carboxylic acids is 1. The van der Waals surface area contributed by atoms with Gasteiger partial charge in [-0.3, -0.25) is 0 Å². The fraction of sp³-hybridized carbons (Fsp3) is 0.318. The fourth-order valence-electron chi connectivity index (χ4n) is 2.87. The van der Waals surface area contributed by atoms with Gasteiger partial charge < -0.3 is 18.9 Å². The Morgan fingerprint density at radius 3 is 2.26 bits per heavy atom. The third-order valence-corrected chi connectivity index (χ3v) is 4.33. The van der Waals surface area contributed by atoms with Gasteiger partial charge >= 0.3 is 5.97 Å². The SMILES string of the molecule is COC1=CC(=O)O[C@@H]([C@@H](COCc2ccccc2)OCc2ccccc2)C1. The highest BCUT2D eigenvalue weighted by Gasteiger charge is 2.31. The first-order valence-electron chi connectivity index (χ1n) is 8.97. The van der Waals surface area contributed by atoms with Crippen molar-refractivity contribution in [3.63, 3.8) is 0 Å². The van der Waals surface area contributed by atoms with Crippen LogP contribution in [0.3, 0.4) is 0 Å². The lowest BCUT2D eigenvalue weighted by Gasteiger charge is -2.29. The summed E-state index contributed by atoms with van der Waals surface area (Å²) in [6.07, 6.45) is 1.00. The van der Waals surface area contributed by atoms with Gasteiger partial charge in [0.25, 0.3) is 0 Å². The molecule has 2 aromatic rings. The molecule has 1 aliphatic rings. The third-order valence-electron chi connectivity index (χ3n) is 4.33. The molecule has 0 unspecified atom stereocenters. The van der Waals surface area contributed by atoms with E-state index >= 15 is 0 Å². The summed E-state index contributed by atoms with van der Waals surface area (Å²) in [5.74, 6) is 0.173. The molecule has 27 heavy (non-hydrogen) atoms. The molecule has 0 aliphatic carbocycles. The van der Waals surface area contributed by atoms with Crippen LogP contribution in [0.4, 0.5) is 0 Å². The Balaban J connectivity index is 1.62. The number of methoxy groups -OCH3 is 1. The molecule has 0 spiro atoms. The number of hydrogen-bond acceptors (Lipinski definition) is 5. The molecule has 3 rings (SSSR count). The molecule has 2 aromatic carbocycles. The molecule has 0 bridgehead atoms. The Morgan fingerprint density at radius 2 is 1.63 bits per heavy atom. The third kappa shape index (κ3) is 5.94. The Kier molecular flexibility index (Phi) is 7.02. The second-order valence-electron chi connectivity index (χ2n) is 6.33. The standard InChI is InChI=1S/C22H24O5/c1-24-19-12-20(27-22(23)13-19)21(26-15-18-10-6-3-7-11-18)16-25-14-17-8-4-2-5-9-17/h2-11,13,20-21H,12,14-16H2,1H3/t20-,21-/m1/s1. The molecule has 0 amide bonds. The van der Waals surface area contributed by atoms with Crippen LogP contribution in [0.1, 0.15) is 17.5 Å². The number of benzene rings is 2. The summed E-state index contributed by atoms with van der Waals surface area (Å²) in [5, 5.41) is 0. The Labute approximate surface area is 159 Å². The summed E-state index contributed by atoms with van der Waals surface area (Å²) < 4.78 is 22.6. The first-order chi connectivity index (χ1) is 13.2. The maximum Gasteiger partial charge on any atom is 0.334 e. The molecule has 0 N–H and O–H groups in total. The Hall–Kier alpha value is -2.63. The second kappa shape index (κ2) is 9.90. The Bertz CT molecular complexity index is 742. The van der Waals surface area contributed by atoms with Crippen LogP contribution in [0.2, 0.25) is 0 Å². The van der Waals surface area contributed by atoms with Gasteiger partial charge in [0.15, 0.2) is 0 Å². The van der Waals surface area contributed by atoms with Crippen LogP contribution in [0.25, 0.3) is 0 Å². The van der Waals surface area contributed by atoms with Gasteiger partial charge in [0.2, 0.25) is 0 Å². The maximum absolute atomic E-state index is 11.8. The van der Waals surface area contributed by atoms with Crippen LogP contribution < -0.4 is 0 Å². The first-order valence-corrected chi connectivity index (χ1v) is 8.97. The molecule has 0 fully saturated rings. The zero-order valence-corrected chi connectivity index (χ0v) is 15.4. The highest BCUT2D eigenvalue weighted by molar-refractivity contribution is 5.83. The van der Waals surface area contributed by atoms with E-state index in [0.29, 0.717) is 32.0 Å². The van der Waals surface area contributed by atoms with Gasteiger partial charge in [0.1, 0.15) is 18.0 Å². The molecule has 0 saturated carbocycles. The number of rotatable bonds is 9. The number of carbonyl (C=O) groups is 1. The highest BCUT2D eigenvalue weighted by Crippen LogP contribution is 2.22. The molecule has 5 nitrogen and oxygen atoms in total. The van der Waals surface area contributed by atoms with E-state index in [9.17, 15) is 4.79 Å². The minimum absolute atomic E-state index is 0.316. The average Bonchev–Trinajstić information content (AvgIpc) is 2.71. The zero-order chi connectivity index (χ0) is 18.9. The smallest absolute Gasteiger partial charge is 0.334 e. The van der Waals surface area contributed by atoms with Crippen LogP contribution >= 0.6 is 0 Å². The van der Waals surface area contributed by atoms with Crippen LogP contribution in [-0.4, -0.2) is 31.9 Å². The molecular weight excluding hydrogens is 344 g/mol. The van der Waals surface area contributed by atoms with E-state index in [2.05, 4.69) is 0 Å². The largest absolute Gasteiger partial charge is 0.501 e. The summed E-state index contributed by atoms with van der Waals surface area (Å²) in [5.41, 5.74) is 2.13. The predicted octanol–water partition coefficient (Wildman–Crippen LogP) is 3.63. The van der Waals surface area contributed by atoms with Gasteiger partial charge in [0, 0.05) is 6.42 Å². The quantitative estimate of drug-likeness (QED) is 0.633. The summed E-state index contributed by atoms with van der Waals surface area (Å²) in [6, 6.07) is 19.8. The van der Waals surface area contributed by atoms with E-state index < -0.39 is 18.2 Å². The van der Waals surface area contributed by atoms with Crippen molar-refractivity contribution in [2.24, 2.45) is 0 Å². The number of hydrogen-bond donors (Lipinski definition) is 0. The van der Waals surface area contributed by atoms with Crippen molar-refractivity contribution in [1.82, 2.24) is 0 Å². The molecule has 5 heteroatoms. The molecule has 1 heterocycles. The lowest BCUT2D eigenvalue weighted by atomic mass is 10.1. The van der Waals surface area contributed by atoms with E-state index in [1.54, 1.807) is 7.11 Å². The lowest BCUT2D eigenvalue weighted by molar-refractivity contribution is -0.160. The maximum atomic E-state index is 11.8. The van der Waals surface area contributed by atoms with Crippen molar-refractivity contribution in [3.05, 3.63) is 83.6 Å². The van der Waals surface area contributed by atoms with Crippen molar-refractivity contribution in [3.8, 4) is 0 Å². The monoisotopic (exact) mass is 368 g/mol. The van der Waals surface area contributed by atoms with Gasteiger partial charge in [-0.2, -0.15) is 0 Å². The zero-order valence-electron chi connectivity index (χ0n) is 15.4. The number of cyclic esters (lactones) is 1. The van der Waals surface area contributed by atoms with Gasteiger partial charge in [0.05, 0.1) is 33.0 Å². The van der Waals surface area contributed by atoms with E-state index in [1.807, 2.05) is 60.7 Å². The molecule has 0 radical (unpaired) electrons. The highest BCUT2D eigenvalue weighted by atomic mass is 16.6. The van der Waals surface area contributed by atoms with E-state index in [-0.39, 0.29) is 0 Å². The van der Waals surface area contributed by atoms with Crippen molar-refractivity contribution in [2.45, 2.75) is 31.8 Å². The first kappa shape index (κ1) is 19.1. The molecule has 0 aromatic heterocycles. The van der Waals surface area contributed by atoms with Crippen molar-refractivity contribution < 1.29 is 23.7 Å². The molecule has 2 atom stereocenters. The van der Waals surface area contributed by atoms with E-state index in [1.165, 1.54) is 6.08 Å². The van der Waals surface area contributed by atoms with Gasteiger partial charge in [-0.1, -0.05) is 60.7 Å². The summed E-state index contributed by atoms with van der Waals surface area (Å²) in [4.78, 5) is 11.8. The molecule has 0 saturated heterocycles. The van der Waals surface area contributed by atoms with Crippen LogP contribution in [-0.2, 0) is 37.0 Å². The molecule has 142 valence electrons. The van der Waals surface area contributed by atoms with Gasteiger partial charge in [-0.25, -0.2) is 4.79 Å². The van der Waals surface area contributed by atoms with Crippen molar-refractivity contribution in [2.75, 3.05) is 13.7 Å². The molecular formula is C22H24O5. The van der Waals surface area contributed by atoms with Gasteiger partial charge in [-0.15, -0.1) is 0 Å². The summed E-state index contributed by atoms with van der Waals surface area (Å²) in [7, 11) is 1.55. The van der Waals surface area contributed by atoms with Gasteiger partial charge in [-0.05, 0) is 11.1 Å². The van der Waals surface area contributed by atoms with Crippen LogP contribution in [0, 0.1) is 0 Å². The molecule has 1 aliphatic heterocycles. The topological polar surface area (TPSA) is 54.0 Å². The van der Waals surface area contributed by atoms with Crippen LogP contribution in [0.5, 0.6) is 0 Å². The normalized spacial score (nSPS) is 17.7. The number of ether oxygens (including phenoxy) is 4. The minimum atomic E-state index is -0.447. The van der Waals surface area contributed by atoms with Crippen molar-refractivity contribution in [1.29, 1.82) is 0 Å². The van der Waals surface area contributed by atoms with Crippen LogP contribution in [0.15, 0.2) is 72.5 Å².